The van der Waals surface area contributed by atoms with Crippen molar-refractivity contribution in [3.05, 3.63) is 24.2 Å². The van der Waals surface area contributed by atoms with Gasteiger partial charge in [0.2, 0.25) is 0 Å². The van der Waals surface area contributed by atoms with Crippen molar-refractivity contribution in [1.29, 1.82) is 0 Å². The average Bonchev–Trinajstić information content (AvgIpc) is 3.00. The molecule has 0 bridgehead atoms. The summed E-state index contributed by atoms with van der Waals surface area (Å²) >= 11 is 0. The number of likely N-dealkylation sites (tertiary alicyclic amines) is 1. The molecule has 0 aromatic carbocycles. The van der Waals surface area contributed by atoms with E-state index in [1.165, 1.54) is 19.3 Å². The molecule has 0 aliphatic carbocycles. The third kappa shape index (κ3) is 3.15. The fourth-order valence-electron chi connectivity index (χ4n) is 3.02. The smallest absolute Gasteiger partial charge is 0.120 e. The quantitative estimate of drug-likeness (QED) is 0.840. The Balaban J connectivity index is 1.74. The molecule has 3 nitrogen and oxygen atoms in total. The molecule has 0 amide bonds. The number of hydrogen-bond acceptors (Lipinski definition) is 3. The fourth-order valence-corrected chi connectivity index (χ4v) is 3.02. The van der Waals surface area contributed by atoms with E-state index in [1.807, 2.05) is 12.1 Å². The van der Waals surface area contributed by atoms with Crippen LogP contribution in [-0.4, -0.2) is 30.1 Å². The second kappa shape index (κ2) is 6.39. The highest BCUT2D eigenvalue weighted by Gasteiger charge is 2.28. The van der Waals surface area contributed by atoms with Crippen molar-refractivity contribution in [1.82, 2.24) is 10.2 Å². The summed E-state index contributed by atoms with van der Waals surface area (Å²) in [7, 11) is 0. The van der Waals surface area contributed by atoms with Gasteiger partial charge in [-0.3, -0.25) is 4.90 Å². The summed E-state index contributed by atoms with van der Waals surface area (Å²) in [6, 6.07) is 5.82. The van der Waals surface area contributed by atoms with E-state index in [2.05, 4.69) is 31.0 Å². The van der Waals surface area contributed by atoms with Gasteiger partial charge in [-0.1, -0.05) is 6.92 Å². The lowest BCUT2D eigenvalue weighted by Crippen LogP contribution is -2.39. The fraction of sp³-hybridized carbons (Fsp3) is 0.733. The zero-order valence-corrected chi connectivity index (χ0v) is 11.9. The molecule has 1 saturated heterocycles. The first-order chi connectivity index (χ1) is 8.72. The van der Waals surface area contributed by atoms with Gasteiger partial charge in [-0.15, -0.1) is 0 Å². The van der Waals surface area contributed by atoms with E-state index < -0.39 is 0 Å². The Hall–Kier alpha value is -0.800. The van der Waals surface area contributed by atoms with Crippen LogP contribution in [0.3, 0.4) is 0 Å². The molecule has 1 fully saturated rings. The average molecular weight is 250 g/mol. The van der Waals surface area contributed by atoms with Gasteiger partial charge in [-0.2, -0.15) is 0 Å². The Bertz CT molecular complexity index is 336. The van der Waals surface area contributed by atoms with E-state index in [4.69, 9.17) is 4.42 Å². The van der Waals surface area contributed by atoms with Crippen LogP contribution in [0, 0.1) is 0 Å². The predicted molar refractivity (Wildman–Crippen MR) is 74.6 cm³/mol. The van der Waals surface area contributed by atoms with Gasteiger partial charge in [-0.25, -0.2) is 0 Å². The Morgan fingerprint density at radius 3 is 3.00 bits per heavy atom. The summed E-state index contributed by atoms with van der Waals surface area (Å²) in [5.74, 6) is 1.02. The molecule has 3 atom stereocenters. The van der Waals surface area contributed by atoms with Crippen molar-refractivity contribution in [2.45, 2.75) is 58.2 Å². The maximum absolute atomic E-state index is 5.41. The molecule has 1 aromatic rings. The summed E-state index contributed by atoms with van der Waals surface area (Å²) in [5, 5.41) is 3.54. The molecular formula is C15H26N2O. The van der Waals surface area contributed by atoms with Crippen molar-refractivity contribution in [2.24, 2.45) is 0 Å². The van der Waals surface area contributed by atoms with Gasteiger partial charge >= 0.3 is 0 Å². The summed E-state index contributed by atoms with van der Waals surface area (Å²) < 4.78 is 5.41. The Morgan fingerprint density at radius 2 is 2.33 bits per heavy atom. The van der Waals surface area contributed by atoms with Crippen molar-refractivity contribution in [2.75, 3.05) is 13.1 Å². The normalized spacial score (nSPS) is 26.6. The molecule has 2 heterocycles. The lowest BCUT2D eigenvalue weighted by Gasteiger charge is -2.28. The van der Waals surface area contributed by atoms with Gasteiger partial charge in [0, 0.05) is 25.2 Å². The SMILES string of the molecule is CCC1CCC(C)N1CCNC(C)c1ccco1. The largest absolute Gasteiger partial charge is 0.468 e. The molecule has 3 unspecified atom stereocenters. The highest BCUT2D eigenvalue weighted by molar-refractivity contribution is 5.02. The Morgan fingerprint density at radius 1 is 1.50 bits per heavy atom. The molecule has 3 heteroatoms. The highest BCUT2D eigenvalue weighted by Crippen LogP contribution is 2.25. The van der Waals surface area contributed by atoms with E-state index in [1.54, 1.807) is 6.26 Å². The lowest BCUT2D eigenvalue weighted by molar-refractivity contribution is 0.196. The summed E-state index contributed by atoms with van der Waals surface area (Å²) in [6.45, 7) is 8.98. The zero-order valence-electron chi connectivity index (χ0n) is 11.9. The zero-order chi connectivity index (χ0) is 13.0. The predicted octanol–water partition coefficient (Wildman–Crippen LogP) is 3.19. The first-order valence-electron chi connectivity index (χ1n) is 7.25. The number of nitrogens with zero attached hydrogens (tertiary/aromatic N) is 1. The Labute approximate surface area is 111 Å². The molecule has 18 heavy (non-hydrogen) atoms. The van der Waals surface area contributed by atoms with E-state index in [-0.39, 0.29) is 0 Å². The van der Waals surface area contributed by atoms with Gasteiger partial charge in [-0.05, 0) is 45.2 Å². The molecule has 0 saturated carbocycles. The third-order valence-corrected chi connectivity index (χ3v) is 4.21. The van der Waals surface area contributed by atoms with Crippen LogP contribution in [0.25, 0.3) is 0 Å². The summed E-state index contributed by atoms with van der Waals surface area (Å²) in [6.07, 6.45) is 5.74. The van der Waals surface area contributed by atoms with Crippen LogP contribution in [0.2, 0.25) is 0 Å². The second-order valence-electron chi connectivity index (χ2n) is 5.42. The minimum absolute atomic E-state index is 0.304. The minimum atomic E-state index is 0.304. The topological polar surface area (TPSA) is 28.4 Å². The van der Waals surface area contributed by atoms with Crippen molar-refractivity contribution < 1.29 is 4.42 Å². The summed E-state index contributed by atoms with van der Waals surface area (Å²) in [4.78, 5) is 2.65. The number of furan rings is 1. The first kappa shape index (κ1) is 13.6. The molecule has 1 N–H and O–H groups in total. The molecule has 0 spiro atoms. The molecule has 2 rings (SSSR count). The molecule has 1 aliphatic rings. The van der Waals surface area contributed by atoms with Crippen LogP contribution in [0.4, 0.5) is 0 Å². The van der Waals surface area contributed by atoms with Crippen LogP contribution in [0.5, 0.6) is 0 Å². The monoisotopic (exact) mass is 250 g/mol. The van der Waals surface area contributed by atoms with Gasteiger partial charge in [0.1, 0.15) is 5.76 Å². The molecule has 0 radical (unpaired) electrons. The van der Waals surface area contributed by atoms with Crippen LogP contribution in [-0.2, 0) is 0 Å². The molecular weight excluding hydrogens is 224 g/mol. The van der Waals surface area contributed by atoms with Gasteiger partial charge in [0.25, 0.3) is 0 Å². The van der Waals surface area contributed by atoms with Crippen molar-refractivity contribution >= 4 is 0 Å². The lowest BCUT2D eigenvalue weighted by atomic mass is 10.1. The van der Waals surface area contributed by atoms with E-state index >= 15 is 0 Å². The first-order valence-corrected chi connectivity index (χ1v) is 7.25. The van der Waals surface area contributed by atoms with Crippen LogP contribution in [0.1, 0.15) is 51.8 Å². The van der Waals surface area contributed by atoms with Gasteiger partial charge in [0.05, 0.1) is 12.3 Å². The number of rotatable bonds is 6. The molecule has 102 valence electrons. The third-order valence-electron chi connectivity index (χ3n) is 4.21. The molecule has 1 aliphatic heterocycles. The number of hydrogen-bond donors (Lipinski definition) is 1. The maximum Gasteiger partial charge on any atom is 0.120 e. The van der Waals surface area contributed by atoms with Crippen LogP contribution >= 0.6 is 0 Å². The highest BCUT2D eigenvalue weighted by atomic mass is 16.3. The van der Waals surface area contributed by atoms with Gasteiger partial charge in [0.15, 0.2) is 0 Å². The van der Waals surface area contributed by atoms with Crippen molar-refractivity contribution in [3.8, 4) is 0 Å². The van der Waals surface area contributed by atoms with Crippen LogP contribution in [0.15, 0.2) is 22.8 Å². The van der Waals surface area contributed by atoms with E-state index in [0.29, 0.717) is 6.04 Å². The van der Waals surface area contributed by atoms with E-state index in [9.17, 15) is 0 Å². The summed E-state index contributed by atoms with van der Waals surface area (Å²) in [5.41, 5.74) is 0. The Kier molecular flexibility index (Phi) is 4.84. The maximum atomic E-state index is 5.41. The second-order valence-corrected chi connectivity index (χ2v) is 5.42. The molecule has 1 aromatic heterocycles. The number of nitrogens with one attached hydrogen (secondary N) is 1. The van der Waals surface area contributed by atoms with Gasteiger partial charge < -0.3 is 9.73 Å². The van der Waals surface area contributed by atoms with Crippen molar-refractivity contribution in [3.63, 3.8) is 0 Å². The van der Waals surface area contributed by atoms with Crippen LogP contribution < -0.4 is 5.32 Å². The van der Waals surface area contributed by atoms with E-state index in [0.717, 1.165) is 30.9 Å². The standard InChI is InChI=1S/C15H26N2O/c1-4-14-8-7-12(2)17(14)10-9-16-13(3)15-6-5-11-18-15/h5-6,11-14,16H,4,7-10H2,1-3H3. The minimum Gasteiger partial charge on any atom is -0.468 e.